The second-order valence-corrected chi connectivity index (χ2v) is 4.88. The van der Waals surface area contributed by atoms with Crippen molar-refractivity contribution in [2.45, 2.75) is 32.0 Å². The second kappa shape index (κ2) is 6.21. The Hall–Kier alpha value is -2.31. The number of allylic oxidation sites excluding steroid dienone is 2. The van der Waals surface area contributed by atoms with E-state index in [1.54, 1.807) is 0 Å². The number of rotatable bonds is 4. The summed E-state index contributed by atoms with van der Waals surface area (Å²) in [6.07, 6.45) is -1.98. The fraction of sp³-hybridized carbons (Fsp3) is 0.333. The molecule has 7 heteroatoms. The predicted molar refractivity (Wildman–Crippen MR) is 75.0 cm³/mol. The molecule has 0 amide bonds. The molecule has 0 aliphatic carbocycles. The maximum Gasteiger partial charge on any atom is 0.416 e. The highest BCUT2D eigenvalue weighted by Gasteiger charge is 2.35. The van der Waals surface area contributed by atoms with Gasteiger partial charge in [-0.2, -0.15) is 13.2 Å². The first-order chi connectivity index (χ1) is 10.3. The number of halogens is 3. The first-order valence-electron chi connectivity index (χ1n) is 6.73. The molecule has 1 unspecified atom stereocenters. The van der Waals surface area contributed by atoms with Gasteiger partial charge in [0, 0.05) is 17.7 Å². The van der Waals surface area contributed by atoms with Gasteiger partial charge in [-0.3, -0.25) is 10.1 Å². The first kappa shape index (κ1) is 16.1. The molecule has 0 fully saturated rings. The molecule has 1 aromatic rings. The quantitative estimate of drug-likeness (QED) is 0.602. The number of ether oxygens (including phenoxy) is 1. The lowest BCUT2D eigenvalue weighted by Crippen LogP contribution is -2.20. The van der Waals surface area contributed by atoms with Gasteiger partial charge in [0.05, 0.1) is 10.5 Å². The standard InChI is InChI=1S/C15H14F3NO3/c1-2-3-13-8-11(15(16,17)18)9-14(22-13)10-4-6-12(7-5-10)19(20)21/h4-9,13H,2-3H2,1H3. The monoisotopic (exact) mass is 313 g/mol. The van der Waals surface area contributed by atoms with Crippen LogP contribution in [0.3, 0.4) is 0 Å². The van der Waals surface area contributed by atoms with Gasteiger partial charge in [0.15, 0.2) is 0 Å². The normalized spacial score (nSPS) is 18.3. The number of hydrogen-bond donors (Lipinski definition) is 0. The van der Waals surface area contributed by atoms with Crippen LogP contribution in [-0.4, -0.2) is 17.2 Å². The van der Waals surface area contributed by atoms with Gasteiger partial charge in [-0.25, -0.2) is 0 Å². The molecule has 1 aliphatic rings. The third kappa shape index (κ3) is 3.66. The summed E-state index contributed by atoms with van der Waals surface area (Å²) in [5.74, 6) is 0.0724. The van der Waals surface area contributed by atoms with Crippen LogP contribution in [0.2, 0.25) is 0 Å². The summed E-state index contributed by atoms with van der Waals surface area (Å²) in [7, 11) is 0. The van der Waals surface area contributed by atoms with E-state index in [1.165, 1.54) is 24.3 Å². The van der Waals surface area contributed by atoms with Crippen molar-refractivity contribution in [2.75, 3.05) is 0 Å². The van der Waals surface area contributed by atoms with Crippen LogP contribution in [0.25, 0.3) is 5.76 Å². The number of benzene rings is 1. The second-order valence-electron chi connectivity index (χ2n) is 4.88. The van der Waals surface area contributed by atoms with Gasteiger partial charge in [0.25, 0.3) is 5.69 Å². The molecule has 0 saturated heterocycles. The van der Waals surface area contributed by atoms with Crippen molar-refractivity contribution in [3.8, 4) is 0 Å². The smallest absolute Gasteiger partial charge is 0.416 e. The van der Waals surface area contributed by atoms with E-state index in [0.717, 1.165) is 12.2 Å². The lowest BCUT2D eigenvalue weighted by molar-refractivity contribution is -0.384. The third-order valence-corrected chi connectivity index (χ3v) is 3.19. The Labute approximate surface area is 125 Å². The van der Waals surface area contributed by atoms with Crippen molar-refractivity contribution in [1.29, 1.82) is 0 Å². The number of non-ortho nitro benzene ring substituents is 1. The van der Waals surface area contributed by atoms with E-state index in [4.69, 9.17) is 4.74 Å². The average molecular weight is 313 g/mol. The number of nitro benzene ring substituents is 1. The largest absolute Gasteiger partial charge is 0.486 e. The molecule has 1 aliphatic heterocycles. The van der Waals surface area contributed by atoms with Crippen molar-refractivity contribution in [2.24, 2.45) is 0 Å². The van der Waals surface area contributed by atoms with E-state index in [-0.39, 0.29) is 11.4 Å². The van der Waals surface area contributed by atoms with Crippen molar-refractivity contribution < 1.29 is 22.8 Å². The minimum absolute atomic E-state index is 0.0724. The van der Waals surface area contributed by atoms with Crippen molar-refractivity contribution in [1.82, 2.24) is 0 Å². The fourth-order valence-electron chi connectivity index (χ4n) is 2.12. The van der Waals surface area contributed by atoms with Gasteiger partial charge in [-0.05, 0) is 30.7 Å². The van der Waals surface area contributed by atoms with E-state index < -0.39 is 22.8 Å². The summed E-state index contributed by atoms with van der Waals surface area (Å²) in [6.45, 7) is 1.86. The molecule has 1 atom stereocenters. The van der Waals surface area contributed by atoms with E-state index >= 15 is 0 Å². The molecule has 0 bridgehead atoms. The van der Waals surface area contributed by atoms with Gasteiger partial charge < -0.3 is 4.74 Å². The Balaban J connectivity index is 2.34. The summed E-state index contributed by atoms with van der Waals surface area (Å²) in [4.78, 5) is 10.0. The molecule has 0 spiro atoms. The van der Waals surface area contributed by atoms with Crippen LogP contribution in [0.4, 0.5) is 18.9 Å². The molecular weight excluding hydrogens is 299 g/mol. The molecular formula is C15H14F3NO3. The Kier molecular flexibility index (Phi) is 4.54. The molecule has 22 heavy (non-hydrogen) atoms. The molecule has 0 radical (unpaired) electrons. The van der Waals surface area contributed by atoms with Crippen LogP contribution in [0.15, 0.2) is 42.0 Å². The zero-order chi connectivity index (χ0) is 16.3. The van der Waals surface area contributed by atoms with E-state index in [1.807, 2.05) is 6.92 Å². The fourth-order valence-corrected chi connectivity index (χ4v) is 2.12. The van der Waals surface area contributed by atoms with Crippen LogP contribution < -0.4 is 0 Å². The Bertz CT molecular complexity index is 618. The number of nitrogens with zero attached hydrogens (tertiary/aromatic N) is 1. The van der Waals surface area contributed by atoms with Crippen LogP contribution in [0.1, 0.15) is 25.3 Å². The van der Waals surface area contributed by atoms with E-state index in [0.29, 0.717) is 18.4 Å². The van der Waals surface area contributed by atoms with Gasteiger partial charge in [0.2, 0.25) is 0 Å². The molecule has 0 saturated carbocycles. The molecule has 4 nitrogen and oxygen atoms in total. The van der Waals surface area contributed by atoms with Crippen LogP contribution in [-0.2, 0) is 4.74 Å². The van der Waals surface area contributed by atoms with Crippen molar-refractivity contribution in [3.05, 3.63) is 57.7 Å². The lowest BCUT2D eigenvalue weighted by atomic mass is 10.0. The molecule has 0 N–H and O–H groups in total. The first-order valence-corrected chi connectivity index (χ1v) is 6.73. The molecule has 0 aromatic heterocycles. The SMILES string of the molecule is CCCC1C=C(C(F)(F)F)C=C(c2ccc([N+](=O)[O-])cc2)O1. The summed E-state index contributed by atoms with van der Waals surface area (Å²) < 4.78 is 44.4. The molecule has 1 heterocycles. The van der Waals surface area contributed by atoms with Gasteiger partial charge in [0.1, 0.15) is 11.9 Å². The van der Waals surface area contributed by atoms with Crippen molar-refractivity contribution >= 4 is 11.4 Å². The highest BCUT2D eigenvalue weighted by Crippen LogP contribution is 2.35. The van der Waals surface area contributed by atoms with E-state index in [9.17, 15) is 23.3 Å². The van der Waals surface area contributed by atoms with Crippen LogP contribution in [0, 0.1) is 10.1 Å². The third-order valence-electron chi connectivity index (χ3n) is 3.19. The highest BCUT2D eigenvalue weighted by atomic mass is 19.4. The average Bonchev–Trinajstić information content (AvgIpc) is 2.46. The zero-order valence-corrected chi connectivity index (χ0v) is 11.8. The summed E-state index contributed by atoms with van der Waals surface area (Å²) >= 11 is 0. The highest BCUT2D eigenvalue weighted by molar-refractivity contribution is 5.66. The number of alkyl halides is 3. The van der Waals surface area contributed by atoms with Crippen molar-refractivity contribution in [3.63, 3.8) is 0 Å². The minimum Gasteiger partial charge on any atom is -0.486 e. The van der Waals surface area contributed by atoms with Gasteiger partial charge in [-0.15, -0.1) is 0 Å². The number of nitro groups is 1. The minimum atomic E-state index is -4.46. The van der Waals surface area contributed by atoms with Crippen LogP contribution in [0.5, 0.6) is 0 Å². The Morgan fingerprint density at radius 3 is 2.41 bits per heavy atom. The van der Waals surface area contributed by atoms with E-state index in [2.05, 4.69) is 0 Å². The number of hydrogen-bond acceptors (Lipinski definition) is 3. The maximum absolute atomic E-state index is 13.0. The van der Waals surface area contributed by atoms with Gasteiger partial charge >= 0.3 is 6.18 Å². The molecule has 118 valence electrons. The topological polar surface area (TPSA) is 52.4 Å². The Morgan fingerprint density at radius 1 is 1.27 bits per heavy atom. The lowest BCUT2D eigenvalue weighted by Gasteiger charge is -2.24. The summed E-state index contributed by atoms with van der Waals surface area (Å²) in [5.41, 5.74) is -0.510. The van der Waals surface area contributed by atoms with Gasteiger partial charge in [-0.1, -0.05) is 13.3 Å². The zero-order valence-electron chi connectivity index (χ0n) is 11.8. The maximum atomic E-state index is 13.0. The van der Waals surface area contributed by atoms with Crippen LogP contribution >= 0.6 is 0 Å². The summed E-state index contributed by atoms with van der Waals surface area (Å²) in [6, 6.07) is 5.23. The molecule has 2 rings (SSSR count). The predicted octanol–water partition coefficient (Wildman–Crippen LogP) is 4.62. The molecule has 1 aromatic carbocycles. The summed E-state index contributed by atoms with van der Waals surface area (Å²) in [5, 5.41) is 10.6. The Morgan fingerprint density at radius 2 is 1.91 bits per heavy atom.